The van der Waals surface area contributed by atoms with Gasteiger partial charge in [-0.1, -0.05) is 24.6 Å². The summed E-state index contributed by atoms with van der Waals surface area (Å²) in [5, 5.41) is 0.722. The minimum Gasteiger partial charge on any atom is -0.261 e. The summed E-state index contributed by atoms with van der Waals surface area (Å²) < 4.78 is 0. The Labute approximate surface area is 107 Å². The van der Waals surface area contributed by atoms with Gasteiger partial charge in [0.1, 0.15) is 0 Å². The fraction of sp³-hybridized carbons (Fsp3) is 0.286. The Morgan fingerprint density at radius 1 is 1.24 bits per heavy atom. The van der Waals surface area contributed by atoms with Crippen LogP contribution in [0.1, 0.15) is 29.9 Å². The highest BCUT2D eigenvalue weighted by molar-refractivity contribution is 6.31. The lowest BCUT2D eigenvalue weighted by molar-refractivity contribution is 0.713. The highest BCUT2D eigenvalue weighted by Gasteiger charge is 2.09. The van der Waals surface area contributed by atoms with Crippen LogP contribution in [0.15, 0.2) is 36.5 Å². The van der Waals surface area contributed by atoms with Crippen LogP contribution in [-0.4, -0.2) is 9.97 Å². The monoisotopic (exact) mass is 246 g/mol. The molecule has 17 heavy (non-hydrogen) atoms. The van der Waals surface area contributed by atoms with E-state index in [9.17, 15) is 0 Å². The van der Waals surface area contributed by atoms with Crippen molar-refractivity contribution in [3.8, 4) is 0 Å². The van der Waals surface area contributed by atoms with Crippen molar-refractivity contribution >= 4 is 11.6 Å². The summed E-state index contributed by atoms with van der Waals surface area (Å²) in [6.07, 6.45) is 2.71. The van der Waals surface area contributed by atoms with Gasteiger partial charge in [0.05, 0.1) is 10.7 Å². The highest BCUT2D eigenvalue weighted by atomic mass is 35.5. The van der Waals surface area contributed by atoms with Crippen molar-refractivity contribution in [3.05, 3.63) is 58.6 Å². The molecule has 2 rings (SSSR count). The molecule has 0 aromatic carbocycles. The molecule has 0 saturated heterocycles. The molecular formula is C14H15ClN2. The Morgan fingerprint density at radius 2 is 2.06 bits per heavy atom. The number of halogens is 1. The van der Waals surface area contributed by atoms with Crippen LogP contribution in [0, 0.1) is 6.92 Å². The Morgan fingerprint density at radius 3 is 2.71 bits per heavy atom. The molecule has 0 fully saturated rings. The summed E-state index contributed by atoms with van der Waals surface area (Å²) >= 11 is 5.96. The van der Waals surface area contributed by atoms with E-state index < -0.39 is 0 Å². The first-order valence-corrected chi connectivity index (χ1v) is 6.07. The molecule has 2 heterocycles. The first-order chi connectivity index (χ1) is 8.16. The standard InChI is InChI=1S/C14H15ClN2/c1-10(14-5-3-4-8-16-14)9-12-6-7-13(15)11(2)17-12/h3-8,10H,9H2,1-2H3. The minimum absolute atomic E-state index is 0.365. The first kappa shape index (κ1) is 12.1. The van der Waals surface area contributed by atoms with Gasteiger partial charge in [-0.25, -0.2) is 0 Å². The maximum absolute atomic E-state index is 5.96. The van der Waals surface area contributed by atoms with Gasteiger partial charge in [0.25, 0.3) is 0 Å². The van der Waals surface area contributed by atoms with Crippen molar-refractivity contribution in [2.45, 2.75) is 26.2 Å². The van der Waals surface area contributed by atoms with Gasteiger partial charge in [0, 0.05) is 23.5 Å². The lowest BCUT2D eigenvalue weighted by Gasteiger charge is -2.10. The first-order valence-electron chi connectivity index (χ1n) is 5.70. The Hall–Kier alpha value is -1.41. The zero-order valence-corrected chi connectivity index (χ0v) is 10.8. The number of hydrogen-bond acceptors (Lipinski definition) is 2. The van der Waals surface area contributed by atoms with E-state index in [1.54, 1.807) is 0 Å². The number of aromatic nitrogens is 2. The second-order valence-electron chi connectivity index (χ2n) is 4.23. The van der Waals surface area contributed by atoms with Crippen molar-refractivity contribution in [3.63, 3.8) is 0 Å². The smallest absolute Gasteiger partial charge is 0.0618 e. The van der Waals surface area contributed by atoms with Crippen LogP contribution in [0.2, 0.25) is 5.02 Å². The molecule has 2 nitrogen and oxygen atoms in total. The number of nitrogens with zero attached hydrogens (tertiary/aromatic N) is 2. The molecule has 0 aliphatic carbocycles. The van der Waals surface area contributed by atoms with Crippen LogP contribution in [0.4, 0.5) is 0 Å². The molecule has 88 valence electrons. The van der Waals surface area contributed by atoms with Gasteiger partial charge in [0.2, 0.25) is 0 Å². The van der Waals surface area contributed by atoms with Gasteiger partial charge in [-0.3, -0.25) is 9.97 Å². The van der Waals surface area contributed by atoms with Crippen LogP contribution in [0.25, 0.3) is 0 Å². The molecule has 3 heteroatoms. The largest absolute Gasteiger partial charge is 0.261 e. The topological polar surface area (TPSA) is 25.8 Å². The Bertz CT molecular complexity index is 497. The second kappa shape index (κ2) is 5.28. The Balaban J connectivity index is 2.13. The molecule has 0 aliphatic rings. The molecule has 0 amide bonds. The van der Waals surface area contributed by atoms with Gasteiger partial charge in [0.15, 0.2) is 0 Å². The van der Waals surface area contributed by atoms with Gasteiger partial charge in [-0.05, 0) is 37.6 Å². The molecule has 1 unspecified atom stereocenters. The normalized spacial score (nSPS) is 12.4. The van der Waals surface area contributed by atoms with Crippen LogP contribution in [-0.2, 0) is 6.42 Å². The minimum atomic E-state index is 0.365. The van der Waals surface area contributed by atoms with E-state index in [4.69, 9.17) is 11.6 Å². The number of hydrogen-bond donors (Lipinski definition) is 0. The van der Waals surface area contributed by atoms with Crippen molar-refractivity contribution < 1.29 is 0 Å². The molecule has 0 spiro atoms. The van der Waals surface area contributed by atoms with Crippen molar-refractivity contribution in [1.82, 2.24) is 9.97 Å². The van der Waals surface area contributed by atoms with Crippen molar-refractivity contribution in [2.24, 2.45) is 0 Å². The summed E-state index contributed by atoms with van der Waals surface area (Å²) in [4.78, 5) is 8.84. The maximum Gasteiger partial charge on any atom is 0.0618 e. The maximum atomic E-state index is 5.96. The van der Waals surface area contributed by atoms with E-state index in [1.807, 2.05) is 43.5 Å². The molecule has 2 aromatic heterocycles. The number of aryl methyl sites for hydroxylation is 1. The van der Waals surface area contributed by atoms with E-state index in [0.29, 0.717) is 5.92 Å². The van der Waals surface area contributed by atoms with E-state index in [0.717, 1.165) is 28.5 Å². The summed E-state index contributed by atoms with van der Waals surface area (Å²) in [6, 6.07) is 9.88. The third-order valence-electron chi connectivity index (χ3n) is 2.79. The lowest BCUT2D eigenvalue weighted by Crippen LogP contribution is -2.03. The van der Waals surface area contributed by atoms with Gasteiger partial charge in [-0.15, -0.1) is 0 Å². The SMILES string of the molecule is Cc1nc(CC(C)c2ccccn2)ccc1Cl. The fourth-order valence-corrected chi connectivity index (χ4v) is 1.90. The van der Waals surface area contributed by atoms with E-state index in [-0.39, 0.29) is 0 Å². The predicted octanol–water partition coefficient (Wildman–Crippen LogP) is 3.78. The van der Waals surface area contributed by atoms with Crippen molar-refractivity contribution in [2.75, 3.05) is 0 Å². The zero-order valence-electron chi connectivity index (χ0n) is 10.0. The number of rotatable bonds is 3. The molecule has 0 N–H and O–H groups in total. The lowest BCUT2D eigenvalue weighted by atomic mass is 10.0. The quantitative estimate of drug-likeness (QED) is 0.824. The summed E-state index contributed by atoms with van der Waals surface area (Å²) in [5.41, 5.74) is 3.05. The van der Waals surface area contributed by atoms with Crippen LogP contribution in [0.3, 0.4) is 0 Å². The average Bonchev–Trinajstić information content (AvgIpc) is 2.35. The molecule has 0 radical (unpaired) electrons. The average molecular weight is 247 g/mol. The number of pyridine rings is 2. The summed E-state index contributed by atoms with van der Waals surface area (Å²) in [7, 11) is 0. The van der Waals surface area contributed by atoms with Gasteiger partial charge >= 0.3 is 0 Å². The fourth-order valence-electron chi connectivity index (χ4n) is 1.80. The van der Waals surface area contributed by atoms with Gasteiger partial charge < -0.3 is 0 Å². The van der Waals surface area contributed by atoms with E-state index >= 15 is 0 Å². The third-order valence-corrected chi connectivity index (χ3v) is 3.19. The van der Waals surface area contributed by atoms with E-state index in [2.05, 4.69) is 16.9 Å². The van der Waals surface area contributed by atoms with Crippen LogP contribution < -0.4 is 0 Å². The highest BCUT2D eigenvalue weighted by Crippen LogP contribution is 2.19. The van der Waals surface area contributed by atoms with E-state index in [1.165, 1.54) is 0 Å². The molecule has 1 atom stereocenters. The zero-order chi connectivity index (χ0) is 12.3. The summed E-state index contributed by atoms with van der Waals surface area (Å²) in [6.45, 7) is 4.09. The molecule has 0 saturated carbocycles. The third kappa shape index (κ3) is 3.04. The van der Waals surface area contributed by atoms with Crippen molar-refractivity contribution in [1.29, 1.82) is 0 Å². The van der Waals surface area contributed by atoms with Crippen LogP contribution in [0.5, 0.6) is 0 Å². The second-order valence-corrected chi connectivity index (χ2v) is 4.64. The molecule has 0 bridgehead atoms. The molecular weight excluding hydrogens is 232 g/mol. The summed E-state index contributed by atoms with van der Waals surface area (Å²) in [5.74, 6) is 0.365. The Kier molecular flexibility index (Phi) is 3.75. The predicted molar refractivity (Wildman–Crippen MR) is 70.3 cm³/mol. The van der Waals surface area contributed by atoms with Crippen LogP contribution >= 0.6 is 11.6 Å². The molecule has 0 aliphatic heterocycles. The van der Waals surface area contributed by atoms with Gasteiger partial charge in [-0.2, -0.15) is 0 Å². The molecule has 2 aromatic rings.